The molecule has 34 heavy (non-hydrogen) atoms. The first-order valence-corrected chi connectivity index (χ1v) is 11.5. The van der Waals surface area contributed by atoms with E-state index < -0.39 is 11.8 Å². The minimum Gasteiger partial charge on any atom is -0.495 e. The maximum atomic E-state index is 12.1. The second-order valence-corrected chi connectivity index (χ2v) is 8.63. The fourth-order valence-corrected chi connectivity index (χ4v) is 3.79. The summed E-state index contributed by atoms with van der Waals surface area (Å²) in [7, 11) is 1.50. The number of amides is 2. The van der Waals surface area contributed by atoms with Crippen LogP contribution in [0.2, 0.25) is 10.0 Å². The van der Waals surface area contributed by atoms with Gasteiger partial charge in [0.2, 0.25) is 11.8 Å². The summed E-state index contributed by atoms with van der Waals surface area (Å²) in [6.07, 6.45) is 1.07. The number of halogens is 3. The molecule has 0 spiro atoms. The molecule has 0 fully saturated rings. The summed E-state index contributed by atoms with van der Waals surface area (Å²) in [5.41, 5.74) is 4.33. The second-order valence-electron chi connectivity index (χ2n) is 6.93. The van der Waals surface area contributed by atoms with E-state index >= 15 is 0 Å². The van der Waals surface area contributed by atoms with Crippen molar-refractivity contribution in [1.82, 2.24) is 5.43 Å². The Morgan fingerprint density at radius 1 is 1.03 bits per heavy atom. The largest absolute Gasteiger partial charge is 0.495 e. The van der Waals surface area contributed by atoms with Crippen LogP contribution in [0.25, 0.3) is 0 Å². The van der Waals surface area contributed by atoms with Crippen molar-refractivity contribution in [3.8, 4) is 11.5 Å². The van der Waals surface area contributed by atoms with Crippen molar-refractivity contribution < 1.29 is 19.1 Å². The average molecular weight is 565 g/mol. The third-order valence-electron chi connectivity index (χ3n) is 4.46. The minimum atomic E-state index is -0.553. The molecule has 0 saturated heterocycles. The van der Waals surface area contributed by atoms with Crippen LogP contribution in [0.1, 0.15) is 17.5 Å². The summed E-state index contributed by atoms with van der Waals surface area (Å²) in [6.45, 7) is 0.273. The molecule has 0 bridgehead atoms. The SMILES string of the molecule is COc1ccccc1NC(=O)CC(=O)NN=Cc1ccc(OCc2ccc(Cl)cc2Cl)c(Br)c1. The van der Waals surface area contributed by atoms with Gasteiger partial charge < -0.3 is 14.8 Å². The summed E-state index contributed by atoms with van der Waals surface area (Å²) in [6, 6.07) is 17.5. The van der Waals surface area contributed by atoms with E-state index in [9.17, 15) is 9.59 Å². The zero-order valence-corrected chi connectivity index (χ0v) is 21.1. The van der Waals surface area contributed by atoms with Crippen LogP contribution in [0.4, 0.5) is 5.69 Å². The van der Waals surface area contributed by atoms with Gasteiger partial charge in [-0.15, -0.1) is 0 Å². The maximum absolute atomic E-state index is 12.1. The zero-order valence-electron chi connectivity index (χ0n) is 18.0. The first kappa shape index (κ1) is 25.6. The molecule has 2 amide bonds. The van der Waals surface area contributed by atoms with E-state index in [1.54, 1.807) is 60.7 Å². The summed E-state index contributed by atoms with van der Waals surface area (Å²) < 4.78 is 11.7. The van der Waals surface area contributed by atoms with Crippen LogP contribution in [-0.4, -0.2) is 25.1 Å². The highest BCUT2D eigenvalue weighted by atomic mass is 79.9. The Hall–Kier alpha value is -3.07. The molecule has 0 heterocycles. The fraction of sp³-hybridized carbons (Fsp3) is 0.125. The summed E-state index contributed by atoms with van der Waals surface area (Å²) in [5.74, 6) is 0.0773. The van der Waals surface area contributed by atoms with E-state index in [4.69, 9.17) is 32.7 Å². The molecule has 3 rings (SSSR count). The molecule has 0 saturated carbocycles. The number of ether oxygens (including phenoxy) is 2. The standard InChI is InChI=1S/C24H20BrCl2N3O4/c1-33-22-5-3-2-4-20(22)29-23(31)12-24(32)30-28-13-15-6-9-21(18(25)10-15)34-14-16-7-8-17(26)11-19(16)27/h2-11,13H,12,14H2,1H3,(H,29,31)(H,30,32). The molecular weight excluding hydrogens is 545 g/mol. The van der Waals surface area contributed by atoms with Gasteiger partial charge in [0.15, 0.2) is 0 Å². The number of carbonyl (C=O) groups is 2. The summed E-state index contributed by atoms with van der Waals surface area (Å²) in [5, 5.41) is 7.62. The predicted molar refractivity (Wildman–Crippen MR) is 137 cm³/mol. The van der Waals surface area contributed by atoms with Crippen molar-refractivity contribution in [2.45, 2.75) is 13.0 Å². The minimum absolute atomic E-state index is 0.273. The van der Waals surface area contributed by atoms with Crippen LogP contribution < -0.4 is 20.2 Å². The lowest BCUT2D eigenvalue weighted by Crippen LogP contribution is -2.24. The van der Waals surface area contributed by atoms with Gasteiger partial charge in [-0.25, -0.2) is 5.43 Å². The van der Waals surface area contributed by atoms with Crippen LogP contribution in [0.15, 0.2) is 70.2 Å². The number of benzene rings is 3. The highest BCUT2D eigenvalue weighted by molar-refractivity contribution is 9.10. The molecule has 0 aliphatic rings. The van der Waals surface area contributed by atoms with E-state index in [0.717, 1.165) is 5.56 Å². The number of anilines is 1. The van der Waals surface area contributed by atoms with Crippen molar-refractivity contribution in [3.63, 3.8) is 0 Å². The van der Waals surface area contributed by atoms with Gasteiger partial charge in [0.1, 0.15) is 24.5 Å². The second kappa shape index (κ2) is 12.4. The Morgan fingerprint density at radius 3 is 2.56 bits per heavy atom. The van der Waals surface area contributed by atoms with Crippen LogP contribution in [0.3, 0.4) is 0 Å². The number of nitrogens with zero attached hydrogens (tertiary/aromatic N) is 1. The van der Waals surface area contributed by atoms with Gasteiger partial charge in [-0.2, -0.15) is 5.10 Å². The lowest BCUT2D eigenvalue weighted by atomic mass is 10.2. The molecule has 176 valence electrons. The normalized spacial score (nSPS) is 10.7. The molecule has 7 nitrogen and oxygen atoms in total. The molecule has 0 aliphatic carbocycles. The molecule has 0 unspecified atom stereocenters. The monoisotopic (exact) mass is 563 g/mol. The molecule has 0 radical (unpaired) electrons. The molecular formula is C24H20BrCl2N3O4. The molecule has 0 aromatic heterocycles. The molecule has 3 aromatic carbocycles. The average Bonchev–Trinajstić information content (AvgIpc) is 2.80. The number of para-hydroxylation sites is 2. The van der Waals surface area contributed by atoms with Crippen LogP contribution in [-0.2, 0) is 16.2 Å². The Labute approximate surface area is 215 Å². The number of hydrazone groups is 1. The van der Waals surface area contributed by atoms with E-state index in [1.807, 2.05) is 0 Å². The number of carbonyl (C=O) groups excluding carboxylic acids is 2. The summed E-state index contributed by atoms with van der Waals surface area (Å²) >= 11 is 15.5. The van der Waals surface area contributed by atoms with E-state index in [1.165, 1.54) is 13.3 Å². The lowest BCUT2D eigenvalue weighted by Gasteiger charge is -2.10. The Kier molecular flexibility index (Phi) is 9.33. The maximum Gasteiger partial charge on any atom is 0.249 e. The van der Waals surface area contributed by atoms with Crippen molar-refractivity contribution in [3.05, 3.63) is 86.3 Å². The quantitative estimate of drug-likeness (QED) is 0.195. The highest BCUT2D eigenvalue weighted by Gasteiger charge is 2.11. The molecule has 10 heteroatoms. The third kappa shape index (κ3) is 7.48. The van der Waals surface area contributed by atoms with Crippen molar-refractivity contribution in [1.29, 1.82) is 0 Å². The fourth-order valence-electron chi connectivity index (χ4n) is 2.82. The van der Waals surface area contributed by atoms with E-state index in [-0.39, 0.29) is 13.0 Å². The first-order chi connectivity index (χ1) is 16.4. The molecule has 2 N–H and O–H groups in total. The molecule has 0 atom stereocenters. The summed E-state index contributed by atoms with van der Waals surface area (Å²) in [4.78, 5) is 24.1. The topological polar surface area (TPSA) is 89.0 Å². The number of methoxy groups -OCH3 is 1. The number of nitrogens with one attached hydrogen (secondary N) is 2. The Morgan fingerprint density at radius 2 is 1.82 bits per heavy atom. The zero-order chi connectivity index (χ0) is 24.5. The van der Waals surface area contributed by atoms with Gasteiger partial charge in [-0.05, 0) is 64.0 Å². The smallest absolute Gasteiger partial charge is 0.249 e. The Bertz CT molecular complexity index is 1220. The van der Waals surface area contributed by atoms with Crippen molar-refractivity contribution in [2.24, 2.45) is 5.10 Å². The predicted octanol–water partition coefficient (Wildman–Crippen LogP) is 5.82. The third-order valence-corrected chi connectivity index (χ3v) is 5.67. The van der Waals surface area contributed by atoms with Crippen LogP contribution in [0, 0.1) is 0 Å². The highest BCUT2D eigenvalue weighted by Crippen LogP contribution is 2.28. The first-order valence-electron chi connectivity index (χ1n) is 9.96. The Balaban J connectivity index is 1.49. The van der Waals surface area contributed by atoms with E-state index in [2.05, 4.69) is 31.8 Å². The van der Waals surface area contributed by atoms with Crippen molar-refractivity contribution >= 4 is 62.8 Å². The number of rotatable bonds is 9. The number of hydrogen-bond donors (Lipinski definition) is 2. The lowest BCUT2D eigenvalue weighted by molar-refractivity contribution is -0.126. The number of hydrogen-bond acceptors (Lipinski definition) is 5. The molecule has 3 aromatic rings. The van der Waals surface area contributed by atoms with E-state index in [0.29, 0.717) is 37.3 Å². The van der Waals surface area contributed by atoms with Gasteiger partial charge in [-0.3, -0.25) is 9.59 Å². The van der Waals surface area contributed by atoms with Gasteiger partial charge in [0, 0.05) is 15.6 Å². The van der Waals surface area contributed by atoms with Gasteiger partial charge in [-0.1, -0.05) is 41.4 Å². The van der Waals surface area contributed by atoms with Gasteiger partial charge in [0.05, 0.1) is 23.5 Å². The van der Waals surface area contributed by atoms with Crippen LogP contribution in [0.5, 0.6) is 11.5 Å². The molecule has 0 aliphatic heterocycles. The van der Waals surface area contributed by atoms with Gasteiger partial charge >= 0.3 is 0 Å². The van der Waals surface area contributed by atoms with Crippen molar-refractivity contribution in [2.75, 3.05) is 12.4 Å². The van der Waals surface area contributed by atoms with Gasteiger partial charge in [0.25, 0.3) is 0 Å². The van der Waals surface area contributed by atoms with Crippen LogP contribution >= 0.6 is 39.1 Å².